The van der Waals surface area contributed by atoms with Crippen LogP contribution in [0.25, 0.3) is 0 Å². The second-order valence-electron chi connectivity index (χ2n) is 5.64. The van der Waals surface area contributed by atoms with E-state index in [9.17, 15) is 18.4 Å². The number of halogens is 2. The fourth-order valence-corrected chi connectivity index (χ4v) is 2.41. The van der Waals surface area contributed by atoms with Crippen molar-refractivity contribution in [1.82, 2.24) is 4.90 Å². The van der Waals surface area contributed by atoms with Gasteiger partial charge in [-0.1, -0.05) is 30.3 Å². The largest absolute Gasteiger partial charge is 0.468 e. The molecule has 0 spiro atoms. The maximum Gasteiger partial charge on any atom is 0.322 e. The van der Waals surface area contributed by atoms with Gasteiger partial charge in [0.05, 0.1) is 13.7 Å². The van der Waals surface area contributed by atoms with Crippen molar-refractivity contribution in [3.05, 3.63) is 71.3 Å². The summed E-state index contributed by atoms with van der Waals surface area (Å²) in [6.07, 6.45) is 0. The highest BCUT2D eigenvalue weighted by atomic mass is 19.2. The van der Waals surface area contributed by atoms with Crippen molar-refractivity contribution in [3.8, 4) is 0 Å². The highest BCUT2D eigenvalue weighted by molar-refractivity contribution is 5.97. The number of ketones is 1. The molecule has 0 N–H and O–H groups in total. The van der Waals surface area contributed by atoms with Crippen molar-refractivity contribution in [2.75, 3.05) is 13.7 Å². The molecule has 0 fully saturated rings. The summed E-state index contributed by atoms with van der Waals surface area (Å²) in [6, 6.07) is 11.7. The molecule has 2 aromatic carbocycles. The normalized spacial score (nSPS) is 12.0. The van der Waals surface area contributed by atoms with E-state index < -0.39 is 29.4 Å². The minimum atomic E-state index is -1.08. The first-order valence-corrected chi connectivity index (χ1v) is 7.76. The monoisotopic (exact) mass is 347 g/mol. The van der Waals surface area contributed by atoms with Crippen molar-refractivity contribution in [2.45, 2.75) is 19.5 Å². The summed E-state index contributed by atoms with van der Waals surface area (Å²) < 4.78 is 31.1. The Morgan fingerprint density at radius 3 is 2.36 bits per heavy atom. The number of esters is 1. The first-order chi connectivity index (χ1) is 11.9. The van der Waals surface area contributed by atoms with Gasteiger partial charge in [0, 0.05) is 12.1 Å². The number of nitrogens with zero attached hydrogens (tertiary/aromatic N) is 1. The number of rotatable bonds is 7. The average molecular weight is 347 g/mol. The highest BCUT2D eigenvalue weighted by Crippen LogP contribution is 2.14. The third-order valence-electron chi connectivity index (χ3n) is 3.91. The van der Waals surface area contributed by atoms with Gasteiger partial charge in [0.1, 0.15) is 6.04 Å². The maximum atomic E-state index is 13.4. The molecule has 0 aliphatic heterocycles. The molecule has 0 aromatic heterocycles. The highest BCUT2D eigenvalue weighted by Gasteiger charge is 2.25. The number of ether oxygens (including phenoxy) is 1. The smallest absolute Gasteiger partial charge is 0.322 e. The van der Waals surface area contributed by atoms with Gasteiger partial charge in [0.2, 0.25) is 0 Å². The molecule has 0 radical (unpaired) electrons. The van der Waals surface area contributed by atoms with Crippen LogP contribution in [0.5, 0.6) is 0 Å². The van der Waals surface area contributed by atoms with Gasteiger partial charge >= 0.3 is 5.97 Å². The Bertz CT molecular complexity index is 750. The molecule has 0 saturated carbocycles. The van der Waals surface area contributed by atoms with Gasteiger partial charge in [0.15, 0.2) is 17.4 Å². The average Bonchev–Trinajstić information content (AvgIpc) is 2.62. The van der Waals surface area contributed by atoms with Gasteiger partial charge in [-0.3, -0.25) is 14.5 Å². The lowest BCUT2D eigenvalue weighted by atomic mass is 10.1. The predicted molar refractivity (Wildman–Crippen MR) is 89.0 cm³/mol. The fraction of sp³-hybridized carbons (Fsp3) is 0.263. The Morgan fingerprint density at radius 2 is 1.76 bits per heavy atom. The molecule has 6 heteroatoms. The van der Waals surface area contributed by atoms with Crippen LogP contribution in [0.2, 0.25) is 0 Å². The van der Waals surface area contributed by atoms with Crippen LogP contribution in [0.4, 0.5) is 8.78 Å². The van der Waals surface area contributed by atoms with Crippen LogP contribution in [0.3, 0.4) is 0 Å². The van der Waals surface area contributed by atoms with E-state index in [0.717, 1.165) is 17.7 Å². The molecular weight excluding hydrogens is 328 g/mol. The molecule has 4 nitrogen and oxygen atoms in total. The summed E-state index contributed by atoms with van der Waals surface area (Å²) >= 11 is 0. The number of hydrogen-bond donors (Lipinski definition) is 0. The van der Waals surface area contributed by atoms with E-state index in [2.05, 4.69) is 0 Å². The van der Waals surface area contributed by atoms with Crippen LogP contribution in [0.15, 0.2) is 48.5 Å². The van der Waals surface area contributed by atoms with E-state index >= 15 is 0 Å². The Balaban J connectivity index is 2.20. The van der Waals surface area contributed by atoms with Crippen LogP contribution in [-0.2, 0) is 16.1 Å². The van der Waals surface area contributed by atoms with E-state index in [1.807, 2.05) is 30.3 Å². The van der Waals surface area contributed by atoms with Crippen molar-refractivity contribution in [1.29, 1.82) is 0 Å². The SMILES string of the molecule is COC(=O)C(C)N(CC(=O)c1ccc(F)c(F)c1)Cc1ccccc1. The zero-order valence-electron chi connectivity index (χ0n) is 14.0. The van der Waals surface area contributed by atoms with E-state index in [1.54, 1.807) is 11.8 Å². The molecular formula is C19H19F2NO3. The van der Waals surface area contributed by atoms with Gasteiger partial charge in [-0.2, -0.15) is 0 Å². The molecule has 2 aromatic rings. The number of hydrogen-bond acceptors (Lipinski definition) is 4. The Kier molecular flexibility index (Phi) is 6.36. The Hall–Kier alpha value is -2.60. The second-order valence-corrected chi connectivity index (χ2v) is 5.64. The third kappa shape index (κ3) is 4.93. The van der Waals surface area contributed by atoms with Crippen molar-refractivity contribution in [3.63, 3.8) is 0 Å². The topological polar surface area (TPSA) is 46.6 Å². The predicted octanol–water partition coefficient (Wildman–Crippen LogP) is 3.21. The number of carbonyl (C=O) groups excluding carboxylic acids is 2. The summed E-state index contributed by atoms with van der Waals surface area (Å²) in [6.45, 7) is 1.84. The third-order valence-corrected chi connectivity index (χ3v) is 3.91. The van der Waals surface area contributed by atoms with E-state index in [-0.39, 0.29) is 12.1 Å². The van der Waals surface area contributed by atoms with Crippen LogP contribution < -0.4 is 0 Å². The molecule has 1 unspecified atom stereocenters. The number of methoxy groups -OCH3 is 1. The second kappa shape index (κ2) is 8.48. The number of carbonyl (C=O) groups is 2. The number of Topliss-reactive ketones (excluding diaryl/α,β-unsaturated/α-hetero) is 1. The van der Waals surface area contributed by atoms with Crippen LogP contribution >= 0.6 is 0 Å². The summed E-state index contributed by atoms with van der Waals surface area (Å²) in [4.78, 5) is 25.9. The molecule has 1 atom stereocenters. The molecule has 25 heavy (non-hydrogen) atoms. The minimum Gasteiger partial charge on any atom is -0.468 e. The van der Waals surface area contributed by atoms with Crippen molar-refractivity contribution >= 4 is 11.8 Å². The zero-order chi connectivity index (χ0) is 18.4. The number of benzene rings is 2. The summed E-state index contributed by atoms with van der Waals surface area (Å²) in [5.74, 6) is -2.98. The van der Waals surface area contributed by atoms with E-state index in [4.69, 9.17) is 4.74 Å². The van der Waals surface area contributed by atoms with Crippen LogP contribution in [0.1, 0.15) is 22.8 Å². The molecule has 0 saturated heterocycles. The molecule has 0 amide bonds. The maximum absolute atomic E-state index is 13.4. The van der Waals surface area contributed by atoms with Gasteiger partial charge in [-0.05, 0) is 30.7 Å². The first-order valence-electron chi connectivity index (χ1n) is 7.76. The van der Waals surface area contributed by atoms with E-state index in [0.29, 0.717) is 6.54 Å². The summed E-state index contributed by atoms with van der Waals surface area (Å²) in [5.41, 5.74) is 0.963. The van der Waals surface area contributed by atoms with E-state index in [1.165, 1.54) is 13.2 Å². The lowest BCUT2D eigenvalue weighted by Crippen LogP contribution is -2.42. The van der Waals surface area contributed by atoms with Gasteiger partial charge in [-0.15, -0.1) is 0 Å². The van der Waals surface area contributed by atoms with Crippen LogP contribution in [-0.4, -0.2) is 36.3 Å². The minimum absolute atomic E-state index is 0.0500. The standard InChI is InChI=1S/C19H19F2NO3/c1-13(19(24)25-2)22(11-14-6-4-3-5-7-14)12-18(23)15-8-9-16(20)17(21)10-15/h3-10,13H,11-12H2,1-2H3. The molecule has 132 valence electrons. The van der Waals surface area contributed by atoms with Gasteiger partial charge < -0.3 is 4.74 Å². The molecule has 0 aliphatic carbocycles. The van der Waals surface area contributed by atoms with Crippen molar-refractivity contribution in [2.24, 2.45) is 0 Å². The lowest BCUT2D eigenvalue weighted by Gasteiger charge is -2.26. The quantitative estimate of drug-likeness (QED) is 0.570. The lowest BCUT2D eigenvalue weighted by molar-refractivity contribution is -0.146. The molecule has 2 rings (SSSR count). The fourth-order valence-electron chi connectivity index (χ4n) is 2.41. The van der Waals surface area contributed by atoms with Gasteiger partial charge in [-0.25, -0.2) is 8.78 Å². The zero-order valence-corrected chi connectivity index (χ0v) is 14.0. The molecule has 0 heterocycles. The van der Waals surface area contributed by atoms with Gasteiger partial charge in [0.25, 0.3) is 0 Å². The first kappa shape index (κ1) is 18.7. The molecule has 0 aliphatic rings. The Labute approximate surface area is 145 Å². The summed E-state index contributed by atoms with van der Waals surface area (Å²) in [7, 11) is 1.27. The van der Waals surface area contributed by atoms with Crippen LogP contribution in [0, 0.1) is 11.6 Å². The Morgan fingerprint density at radius 1 is 1.08 bits per heavy atom. The molecule has 0 bridgehead atoms. The van der Waals surface area contributed by atoms with Crippen molar-refractivity contribution < 1.29 is 23.1 Å². The summed E-state index contributed by atoms with van der Waals surface area (Å²) in [5, 5.41) is 0.